The highest BCUT2D eigenvalue weighted by Crippen LogP contribution is 2.24. The molecule has 0 radical (unpaired) electrons. The number of methoxy groups -OCH3 is 2. The third-order valence-electron chi connectivity index (χ3n) is 3.49. The van der Waals surface area contributed by atoms with Crippen LogP contribution in [0.15, 0.2) is 42.5 Å². The molecule has 5 nitrogen and oxygen atoms in total. The van der Waals surface area contributed by atoms with Crippen LogP contribution in [0, 0.1) is 12.3 Å². The molecule has 25 heavy (non-hydrogen) atoms. The molecule has 132 valence electrons. The lowest BCUT2D eigenvalue weighted by molar-refractivity contribution is 0.0503. The monoisotopic (exact) mass is 341 g/mol. The average molecular weight is 341 g/mol. The predicted octanol–water partition coefficient (Wildman–Crippen LogP) is 2.98. The van der Waals surface area contributed by atoms with E-state index < -0.39 is 0 Å². The van der Waals surface area contributed by atoms with E-state index >= 15 is 0 Å². The zero-order chi connectivity index (χ0) is 17.9. The maximum atomic E-state index is 5.59. The van der Waals surface area contributed by atoms with Crippen molar-refractivity contribution in [2.24, 2.45) is 0 Å². The van der Waals surface area contributed by atoms with Gasteiger partial charge in [-0.2, -0.15) is 0 Å². The Morgan fingerprint density at radius 2 is 1.72 bits per heavy atom. The van der Waals surface area contributed by atoms with E-state index in [1.165, 1.54) is 0 Å². The largest absolute Gasteiger partial charge is 0.497 e. The zero-order valence-electron chi connectivity index (χ0n) is 14.6. The highest BCUT2D eigenvalue weighted by molar-refractivity contribution is 5.40. The van der Waals surface area contributed by atoms with Crippen molar-refractivity contribution in [1.29, 1.82) is 0 Å². The summed E-state index contributed by atoms with van der Waals surface area (Å²) >= 11 is 0. The molecule has 0 aromatic heterocycles. The Morgan fingerprint density at radius 3 is 2.40 bits per heavy atom. The summed E-state index contributed by atoms with van der Waals surface area (Å²) in [5, 5.41) is 3.40. The lowest BCUT2D eigenvalue weighted by Gasteiger charge is -2.13. The van der Waals surface area contributed by atoms with Crippen LogP contribution in [-0.4, -0.2) is 27.6 Å². The number of terminal acetylenes is 1. The average Bonchev–Trinajstić information content (AvgIpc) is 2.66. The molecular weight excluding hydrogens is 318 g/mol. The maximum Gasteiger partial charge on any atom is 0.188 e. The van der Waals surface area contributed by atoms with Crippen molar-refractivity contribution in [3.63, 3.8) is 0 Å². The van der Waals surface area contributed by atoms with Gasteiger partial charge in [-0.3, -0.25) is 0 Å². The summed E-state index contributed by atoms with van der Waals surface area (Å²) in [5.41, 5.74) is 2.15. The molecule has 0 fully saturated rings. The van der Waals surface area contributed by atoms with Crippen molar-refractivity contribution in [1.82, 2.24) is 5.32 Å². The minimum atomic E-state index is 0.207. The van der Waals surface area contributed by atoms with E-state index in [9.17, 15) is 0 Å². The molecule has 0 heterocycles. The molecule has 0 aliphatic rings. The molecule has 0 atom stereocenters. The van der Waals surface area contributed by atoms with E-state index in [2.05, 4.69) is 11.2 Å². The molecule has 0 bridgehead atoms. The lowest BCUT2D eigenvalue weighted by atomic mass is 10.1. The third-order valence-corrected chi connectivity index (χ3v) is 3.49. The fourth-order valence-corrected chi connectivity index (χ4v) is 2.25. The van der Waals surface area contributed by atoms with Gasteiger partial charge in [0.2, 0.25) is 0 Å². The molecule has 0 saturated heterocycles. The second kappa shape index (κ2) is 10.2. The normalized spacial score (nSPS) is 10.1. The smallest absolute Gasteiger partial charge is 0.188 e. The van der Waals surface area contributed by atoms with Gasteiger partial charge in [0.25, 0.3) is 0 Å². The molecule has 2 aromatic carbocycles. The molecule has 1 N–H and O–H groups in total. The Morgan fingerprint density at radius 1 is 0.960 bits per heavy atom. The summed E-state index contributed by atoms with van der Waals surface area (Å²) in [4.78, 5) is 0. The van der Waals surface area contributed by atoms with Crippen LogP contribution < -0.4 is 19.5 Å². The Bertz CT molecular complexity index is 692. The van der Waals surface area contributed by atoms with Gasteiger partial charge in [0, 0.05) is 25.8 Å². The van der Waals surface area contributed by atoms with E-state index in [4.69, 9.17) is 25.4 Å². The molecule has 0 unspecified atom stereocenters. The number of ether oxygens (including phenoxy) is 4. The van der Waals surface area contributed by atoms with Crippen LogP contribution >= 0.6 is 0 Å². The number of rotatable bonds is 10. The van der Waals surface area contributed by atoms with E-state index in [-0.39, 0.29) is 13.4 Å². The first-order valence-corrected chi connectivity index (χ1v) is 7.91. The summed E-state index contributed by atoms with van der Waals surface area (Å²) in [6.45, 7) is 1.85. The van der Waals surface area contributed by atoms with Gasteiger partial charge in [-0.25, -0.2) is 0 Å². The SMILES string of the molecule is C#CCOc1ccc(CNCc2cc(OC)ccc2OCOC)cc1. The molecule has 0 spiro atoms. The highest BCUT2D eigenvalue weighted by atomic mass is 16.7. The predicted molar refractivity (Wildman–Crippen MR) is 96.8 cm³/mol. The van der Waals surface area contributed by atoms with Gasteiger partial charge in [0.15, 0.2) is 6.79 Å². The van der Waals surface area contributed by atoms with E-state index in [0.29, 0.717) is 6.54 Å². The molecule has 0 amide bonds. The van der Waals surface area contributed by atoms with Crippen molar-refractivity contribution >= 4 is 0 Å². The maximum absolute atomic E-state index is 5.59. The first kappa shape index (κ1) is 18.7. The van der Waals surface area contributed by atoms with Crippen molar-refractivity contribution in [2.75, 3.05) is 27.6 Å². The number of benzene rings is 2. The van der Waals surface area contributed by atoms with Crippen molar-refractivity contribution in [3.8, 4) is 29.6 Å². The van der Waals surface area contributed by atoms with Crippen molar-refractivity contribution in [2.45, 2.75) is 13.1 Å². The number of hydrogen-bond acceptors (Lipinski definition) is 5. The van der Waals surface area contributed by atoms with Gasteiger partial charge >= 0.3 is 0 Å². The summed E-state index contributed by atoms with van der Waals surface area (Å²) in [6.07, 6.45) is 5.18. The minimum Gasteiger partial charge on any atom is -0.497 e. The molecule has 2 aromatic rings. The fourth-order valence-electron chi connectivity index (χ4n) is 2.25. The van der Waals surface area contributed by atoms with Crippen molar-refractivity contribution in [3.05, 3.63) is 53.6 Å². The van der Waals surface area contributed by atoms with Gasteiger partial charge in [0.1, 0.15) is 23.9 Å². The topological polar surface area (TPSA) is 49.0 Å². The van der Waals surface area contributed by atoms with Gasteiger partial charge in [-0.15, -0.1) is 6.42 Å². The Balaban J connectivity index is 1.92. The van der Waals surface area contributed by atoms with Gasteiger partial charge in [-0.05, 0) is 35.9 Å². The summed E-state index contributed by atoms with van der Waals surface area (Å²) in [7, 11) is 3.24. The second-order valence-corrected chi connectivity index (χ2v) is 5.26. The van der Waals surface area contributed by atoms with Crippen LogP contribution in [0.1, 0.15) is 11.1 Å². The van der Waals surface area contributed by atoms with Gasteiger partial charge in [-0.1, -0.05) is 18.1 Å². The molecule has 0 aliphatic carbocycles. The molecule has 0 saturated carbocycles. The van der Waals surface area contributed by atoms with Crippen LogP contribution in [0.2, 0.25) is 0 Å². The van der Waals surface area contributed by atoms with Crippen molar-refractivity contribution < 1.29 is 18.9 Å². The van der Waals surface area contributed by atoms with Crippen LogP contribution in [0.4, 0.5) is 0 Å². The summed E-state index contributed by atoms with van der Waals surface area (Å²) in [5.74, 6) is 4.78. The van der Waals surface area contributed by atoms with E-state index in [0.717, 1.165) is 34.9 Å². The fraction of sp³-hybridized carbons (Fsp3) is 0.300. The Hall–Kier alpha value is -2.68. The molecular formula is C20H23NO4. The molecule has 5 heteroatoms. The van der Waals surface area contributed by atoms with Crippen LogP contribution in [0.3, 0.4) is 0 Å². The number of hydrogen-bond donors (Lipinski definition) is 1. The van der Waals surface area contributed by atoms with Crippen LogP contribution in [-0.2, 0) is 17.8 Å². The third kappa shape index (κ3) is 6.03. The molecule has 2 rings (SSSR count). The first-order valence-electron chi connectivity index (χ1n) is 7.91. The first-order chi connectivity index (χ1) is 12.3. The minimum absolute atomic E-state index is 0.207. The quantitative estimate of drug-likeness (QED) is 0.532. The van der Waals surface area contributed by atoms with E-state index in [1.807, 2.05) is 42.5 Å². The van der Waals surface area contributed by atoms with E-state index in [1.54, 1.807) is 14.2 Å². The van der Waals surface area contributed by atoms with Crippen LogP contribution in [0.25, 0.3) is 0 Å². The summed E-state index contributed by atoms with van der Waals surface area (Å²) < 4.78 is 21.2. The van der Waals surface area contributed by atoms with Crippen LogP contribution in [0.5, 0.6) is 17.2 Å². The highest BCUT2D eigenvalue weighted by Gasteiger charge is 2.06. The lowest BCUT2D eigenvalue weighted by Crippen LogP contribution is -2.14. The second-order valence-electron chi connectivity index (χ2n) is 5.26. The zero-order valence-corrected chi connectivity index (χ0v) is 14.6. The Kier molecular flexibility index (Phi) is 7.64. The number of nitrogens with one attached hydrogen (secondary N) is 1. The Labute approximate surface area is 148 Å². The van der Waals surface area contributed by atoms with Gasteiger partial charge < -0.3 is 24.3 Å². The standard InChI is InChI=1S/C20H23NO4/c1-4-11-24-18-7-5-16(6-8-18)13-21-14-17-12-19(23-3)9-10-20(17)25-15-22-2/h1,5-10,12,21H,11,13-15H2,2-3H3. The summed E-state index contributed by atoms with van der Waals surface area (Å²) in [6, 6.07) is 13.5. The van der Waals surface area contributed by atoms with Gasteiger partial charge in [0.05, 0.1) is 7.11 Å². The molecule has 0 aliphatic heterocycles.